The monoisotopic (exact) mass is 420 g/mol. The maximum Gasteiger partial charge on any atom is 0.416 e. The van der Waals surface area contributed by atoms with E-state index in [2.05, 4.69) is 9.73 Å². The third-order valence-corrected chi connectivity index (χ3v) is 5.09. The maximum atomic E-state index is 12.9. The van der Waals surface area contributed by atoms with Gasteiger partial charge in [-0.25, -0.2) is 9.79 Å². The summed E-state index contributed by atoms with van der Waals surface area (Å²) in [5.74, 6) is -0.788. The van der Waals surface area contributed by atoms with Crippen molar-refractivity contribution in [1.82, 2.24) is 4.90 Å². The first kappa shape index (κ1) is 20.7. The minimum absolute atomic E-state index is 0.102. The lowest BCUT2D eigenvalue weighted by Gasteiger charge is -2.09. The van der Waals surface area contributed by atoms with Gasteiger partial charge >= 0.3 is 12.1 Å². The Bertz CT molecular complexity index is 1010. The van der Waals surface area contributed by atoms with Crippen LogP contribution in [0.5, 0.6) is 0 Å². The van der Waals surface area contributed by atoms with Crippen LogP contribution in [0.2, 0.25) is 0 Å². The lowest BCUT2D eigenvalue weighted by atomic mass is 10.1. The van der Waals surface area contributed by atoms with Crippen LogP contribution in [0.3, 0.4) is 0 Å². The van der Waals surface area contributed by atoms with Crippen LogP contribution in [0.1, 0.15) is 21.5 Å². The second kappa shape index (κ2) is 8.12. The van der Waals surface area contributed by atoms with Gasteiger partial charge < -0.3 is 4.74 Å². The molecule has 1 amide bonds. The number of esters is 1. The van der Waals surface area contributed by atoms with Gasteiger partial charge in [-0.05, 0) is 53.7 Å². The van der Waals surface area contributed by atoms with E-state index >= 15 is 0 Å². The van der Waals surface area contributed by atoms with Crippen LogP contribution in [-0.4, -0.2) is 36.1 Å². The average molecular weight is 420 g/mol. The van der Waals surface area contributed by atoms with Crippen molar-refractivity contribution in [2.75, 3.05) is 14.2 Å². The molecule has 150 valence electrons. The molecule has 29 heavy (non-hydrogen) atoms. The zero-order chi connectivity index (χ0) is 21.2. The molecule has 0 saturated carbocycles. The van der Waals surface area contributed by atoms with E-state index in [1.807, 2.05) is 0 Å². The fourth-order valence-corrected chi connectivity index (χ4v) is 3.49. The molecule has 1 fully saturated rings. The fraction of sp³-hybridized carbons (Fsp3) is 0.150. The van der Waals surface area contributed by atoms with Crippen molar-refractivity contribution < 1.29 is 27.5 Å². The van der Waals surface area contributed by atoms with Gasteiger partial charge in [0.1, 0.15) is 0 Å². The van der Waals surface area contributed by atoms with Crippen LogP contribution < -0.4 is 0 Å². The molecule has 1 aliphatic rings. The first-order valence-electron chi connectivity index (χ1n) is 8.31. The number of nitrogens with zero attached hydrogens (tertiary/aromatic N) is 2. The second-order valence-corrected chi connectivity index (χ2v) is 7.04. The van der Waals surface area contributed by atoms with Crippen molar-refractivity contribution in [3.05, 3.63) is 70.1 Å². The Kier molecular flexibility index (Phi) is 5.78. The quantitative estimate of drug-likeness (QED) is 0.532. The molecule has 2 aromatic carbocycles. The fourth-order valence-electron chi connectivity index (χ4n) is 2.50. The predicted molar refractivity (Wildman–Crippen MR) is 105 cm³/mol. The molecule has 0 atom stereocenters. The number of carbonyl (C=O) groups excluding carboxylic acids is 2. The highest BCUT2D eigenvalue weighted by molar-refractivity contribution is 8.18. The van der Waals surface area contributed by atoms with Gasteiger partial charge in [0.15, 0.2) is 5.17 Å². The molecule has 0 N–H and O–H groups in total. The molecule has 0 aliphatic carbocycles. The van der Waals surface area contributed by atoms with Crippen LogP contribution in [0, 0.1) is 0 Å². The molecule has 0 aromatic heterocycles. The average Bonchev–Trinajstić information content (AvgIpc) is 2.95. The highest BCUT2D eigenvalue weighted by Crippen LogP contribution is 2.35. The summed E-state index contributed by atoms with van der Waals surface area (Å²) in [5, 5.41) is 0.270. The third-order valence-electron chi connectivity index (χ3n) is 4.03. The summed E-state index contributed by atoms with van der Waals surface area (Å²) in [5.41, 5.74) is 0.356. The molecule has 0 bridgehead atoms. The molecule has 2 aromatic rings. The molecule has 1 saturated heterocycles. The van der Waals surface area contributed by atoms with Gasteiger partial charge in [-0.1, -0.05) is 18.2 Å². The number of thioether (sulfide) groups is 1. The number of likely N-dealkylation sites (N-methyl/N-ethyl adjacent to an activating group) is 1. The van der Waals surface area contributed by atoms with Gasteiger partial charge in [0.25, 0.3) is 5.91 Å². The SMILES string of the molecule is COC(=O)c1ccc(C=C2SC(=Nc3cccc(C(F)(F)F)c3)N(C)C2=O)cc1. The highest BCUT2D eigenvalue weighted by Gasteiger charge is 2.32. The molecule has 9 heteroatoms. The van der Waals surface area contributed by atoms with Gasteiger partial charge in [-0.2, -0.15) is 13.2 Å². The number of ether oxygens (including phenoxy) is 1. The summed E-state index contributed by atoms with van der Waals surface area (Å²) >= 11 is 1.06. The Morgan fingerprint density at radius 2 is 1.86 bits per heavy atom. The van der Waals surface area contributed by atoms with Gasteiger partial charge in [-0.3, -0.25) is 9.69 Å². The van der Waals surface area contributed by atoms with E-state index < -0.39 is 17.7 Å². The molecule has 1 heterocycles. The maximum absolute atomic E-state index is 12.9. The minimum Gasteiger partial charge on any atom is -0.465 e. The second-order valence-electron chi connectivity index (χ2n) is 6.03. The molecular weight excluding hydrogens is 405 g/mol. The van der Waals surface area contributed by atoms with E-state index in [0.29, 0.717) is 16.0 Å². The van der Waals surface area contributed by atoms with E-state index in [4.69, 9.17) is 0 Å². The Balaban J connectivity index is 1.85. The predicted octanol–water partition coefficient (Wildman–Crippen LogP) is 4.73. The van der Waals surface area contributed by atoms with E-state index in [1.165, 1.54) is 31.2 Å². The minimum atomic E-state index is -4.47. The highest BCUT2D eigenvalue weighted by atomic mass is 32.2. The van der Waals surface area contributed by atoms with E-state index in [0.717, 1.165) is 23.9 Å². The topological polar surface area (TPSA) is 59.0 Å². The largest absolute Gasteiger partial charge is 0.465 e. The summed E-state index contributed by atoms with van der Waals surface area (Å²) in [7, 11) is 2.79. The van der Waals surface area contributed by atoms with Gasteiger partial charge in [0.05, 0.1) is 28.8 Å². The summed E-state index contributed by atoms with van der Waals surface area (Å²) in [4.78, 5) is 29.8. The number of rotatable bonds is 3. The lowest BCUT2D eigenvalue weighted by Crippen LogP contribution is -2.23. The zero-order valence-corrected chi connectivity index (χ0v) is 16.2. The summed E-state index contributed by atoms with van der Waals surface area (Å²) in [6, 6.07) is 11.1. The number of methoxy groups -OCH3 is 1. The van der Waals surface area contributed by atoms with Crippen molar-refractivity contribution in [1.29, 1.82) is 0 Å². The Hall–Kier alpha value is -3.07. The van der Waals surface area contributed by atoms with Crippen molar-refractivity contribution >= 4 is 40.6 Å². The van der Waals surface area contributed by atoms with Crippen LogP contribution >= 0.6 is 11.8 Å². The smallest absolute Gasteiger partial charge is 0.416 e. The number of hydrogen-bond donors (Lipinski definition) is 0. The van der Waals surface area contributed by atoms with Gasteiger partial charge in [0, 0.05) is 7.05 Å². The number of hydrogen-bond acceptors (Lipinski definition) is 5. The lowest BCUT2D eigenvalue weighted by molar-refractivity contribution is -0.137. The molecular formula is C20H15F3N2O3S. The van der Waals surface area contributed by atoms with E-state index in [-0.39, 0.29) is 16.8 Å². The van der Waals surface area contributed by atoms with E-state index in [9.17, 15) is 22.8 Å². The third kappa shape index (κ3) is 4.68. The first-order chi connectivity index (χ1) is 13.7. The number of benzene rings is 2. The number of aliphatic imine (C=N–C) groups is 1. The summed E-state index contributed by atoms with van der Waals surface area (Å²) in [6.45, 7) is 0. The van der Waals surface area contributed by atoms with Gasteiger partial charge in [0.2, 0.25) is 0 Å². The normalized spacial score (nSPS) is 17.3. The zero-order valence-electron chi connectivity index (χ0n) is 15.4. The Labute approximate surface area is 168 Å². The number of carbonyl (C=O) groups is 2. The number of amides is 1. The molecule has 1 aliphatic heterocycles. The Morgan fingerprint density at radius 3 is 2.48 bits per heavy atom. The molecule has 0 unspecified atom stereocenters. The standard InChI is InChI=1S/C20H15F3N2O3S/c1-25-17(26)16(10-12-6-8-13(9-7-12)18(27)28-2)29-19(25)24-15-5-3-4-14(11-15)20(21,22)23/h3-11H,1-2H3. The summed E-state index contributed by atoms with van der Waals surface area (Å²) < 4.78 is 43.2. The van der Waals surface area contributed by atoms with Crippen molar-refractivity contribution in [2.24, 2.45) is 4.99 Å². The molecule has 0 spiro atoms. The van der Waals surface area contributed by atoms with Crippen LogP contribution in [0.25, 0.3) is 6.08 Å². The number of halogens is 3. The van der Waals surface area contributed by atoms with Crippen LogP contribution in [0.15, 0.2) is 58.4 Å². The van der Waals surface area contributed by atoms with Gasteiger partial charge in [-0.15, -0.1) is 0 Å². The number of amidine groups is 1. The number of alkyl halides is 3. The first-order valence-corrected chi connectivity index (χ1v) is 9.12. The van der Waals surface area contributed by atoms with Crippen molar-refractivity contribution in [2.45, 2.75) is 6.18 Å². The molecule has 0 radical (unpaired) electrons. The van der Waals surface area contributed by atoms with Crippen LogP contribution in [0.4, 0.5) is 18.9 Å². The molecule has 3 rings (SSSR count). The van der Waals surface area contributed by atoms with Crippen molar-refractivity contribution in [3.63, 3.8) is 0 Å². The van der Waals surface area contributed by atoms with Crippen LogP contribution in [-0.2, 0) is 15.7 Å². The summed E-state index contributed by atoms with van der Waals surface area (Å²) in [6.07, 6.45) is -2.85. The molecule has 5 nitrogen and oxygen atoms in total. The van der Waals surface area contributed by atoms with Crippen molar-refractivity contribution in [3.8, 4) is 0 Å². The van der Waals surface area contributed by atoms with E-state index in [1.54, 1.807) is 30.3 Å². The Morgan fingerprint density at radius 1 is 1.17 bits per heavy atom.